The smallest absolute Gasteiger partial charge is 0.329 e. The maximum Gasteiger partial charge on any atom is 0.394 e. The molecule has 6 nitrogen and oxygen atoms in total. The van der Waals surface area contributed by atoms with E-state index >= 15 is 0 Å². The molecule has 0 unspecified atom stereocenters. The van der Waals surface area contributed by atoms with Crippen molar-refractivity contribution in [2.75, 3.05) is 13.7 Å². The van der Waals surface area contributed by atoms with Gasteiger partial charge in [0, 0.05) is 7.05 Å². The average Bonchev–Trinajstić information content (AvgIpc) is 2.42. The van der Waals surface area contributed by atoms with Crippen LogP contribution in [0.1, 0.15) is 41.5 Å². The van der Waals surface area contributed by atoms with E-state index in [9.17, 15) is 0 Å². The molecule has 1 aliphatic heterocycles. The number of hydrogen-bond donors (Lipinski definition) is 2. The van der Waals surface area contributed by atoms with Crippen LogP contribution in [0, 0.1) is 0 Å². The highest BCUT2D eigenvalue weighted by Crippen LogP contribution is 2.38. The van der Waals surface area contributed by atoms with Gasteiger partial charge >= 0.3 is 10.4 Å². The predicted octanol–water partition coefficient (Wildman–Crippen LogP) is 2.12. The van der Waals surface area contributed by atoms with E-state index in [-0.39, 0.29) is 11.1 Å². The molecule has 114 valence electrons. The fraction of sp³-hybridized carbons (Fsp3) is 0.833. The van der Waals surface area contributed by atoms with Gasteiger partial charge in [-0.3, -0.25) is 13.6 Å². The summed E-state index contributed by atoms with van der Waals surface area (Å²) in [6.07, 6.45) is 4.55. The van der Waals surface area contributed by atoms with E-state index in [0.29, 0.717) is 0 Å². The van der Waals surface area contributed by atoms with E-state index in [4.69, 9.17) is 17.5 Å². The van der Waals surface area contributed by atoms with Gasteiger partial charge in [-0.2, -0.15) is 8.42 Å². The van der Waals surface area contributed by atoms with Crippen LogP contribution in [0.4, 0.5) is 0 Å². The minimum atomic E-state index is -4.67. The Morgan fingerprint density at radius 2 is 1.37 bits per heavy atom. The minimum Gasteiger partial charge on any atom is -0.329 e. The second kappa shape index (κ2) is 5.40. The second-order valence-corrected chi connectivity index (χ2v) is 7.75. The topological polar surface area (TPSA) is 77.8 Å². The van der Waals surface area contributed by atoms with Crippen molar-refractivity contribution >= 4 is 10.4 Å². The molecule has 0 amide bonds. The van der Waals surface area contributed by atoms with Crippen LogP contribution >= 0.6 is 0 Å². The van der Waals surface area contributed by atoms with Gasteiger partial charge < -0.3 is 4.90 Å². The van der Waals surface area contributed by atoms with Crippen molar-refractivity contribution < 1.29 is 22.0 Å². The first-order chi connectivity index (χ1) is 8.10. The van der Waals surface area contributed by atoms with Crippen LogP contribution in [0.3, 0.4) is 0 Å². The number of hydrogen-bond acceptors (Lipinski definition) is 3. The zero-order valence-electron chi connectivity index (χ0n) is 12.9. The van der Waals surface area contributed by atoms with Crippen molar-refractivity contribution in [1.82, 2.24) is 4.90 Å². The lowest BCUT2D eigenvalue weighted by Crippen LogP contribution is -2.66. The minimum absolute atomic E-state index is 0.250. The largest absolute Gasteiger partial charge is 0.394 e. The van der Waals surface area contributed by atoms with E-state index in [2.05, 4.69) is 65.9 Å². The van der Waals surface area contributed by atoms with E-state index in [0.717, 1.165) is 11.2 Å². The molecule has 0 bridgehead atoms. The first-order valence-corrected chi connectivity index (χ1v) is 7.47. The Morgan fingerprint density at radius 3 is 1.47 bits per heavy atom. The van der Waals surface area contributed by atoms with Crippen molar-refractivity contribution in [2.45, 2.75) is 52.6 Å². The Hall–Kier alpha value is -0.630. The summed E-state index contributed by atoms with van der Waals surface area (Å²) in [6, 6.07) is 0. The maximum absolute atomic E-state index is 8.74. The molecule has 0 saturated heterocycles. The molecule has 1 heterocycles. The van der Waals surface area contributed by atoms with Crippen LogP contribution in [-0.2, 0) is 10.4 Å². The van der Waals surface area contributed by atoms with Gasteiger partial charge in [0.1, 0.15) is 6.20 Å². The highest BCUT2D eigenvalue weighted by Gasteiger charge is 2.50. The molecular formula is C12H27N2O4S+. The molecule has 0 aliphatic carbocycles. The van der Waals surface area contributed by atoms with Crippen molar-refractivity contribution in [3.63, 3.8) is 0 Å². The molecule has 19 heavy (non-hydrogen) atoms. The fourth-order valence-electron chi connectivity index (χ4n) is 2.55. The lowest BCUT2D eigenvalue weighted by Gasteiger charge is -2.52. The Kier molecular flexibility index (Phi) is 5.22. The molecule has 1 rings (SSSR count). The Labute approximate surface area is 116 Å². The fourth-order valence-corrected chi connectivity index (χ4v) is 2.55. The molecule has 0 aromatic carbocycles. The number of quaternary nitrogens is 1. The van der Waals surface area contributed by atoms with Crippen molar-refractivity contribution in [3.05, 3.63) is 12.4 Å². The quantitative estimate of drug-likeness (QED) is 0.529. The van der Waals surface area contributed by atoms with Crippen molar-refractivity contribution in [2.24, 2.45) is 0 Å². The van der Waals surface area contributed by atoms with Gasteiger partial charge in [-0.15, -0.1) is 0 Å². The SMILES string of the molecule is CN1C=C[N+](C(C)(C)C)(C(C)(C)C)C1.O=S(=O)(O)O. The highest BCUT2D eigenvalue weighted by atomic mass is 32.3. The van der Waals surface area contributed by atoms with Crippen LogP contribution in [0.25, 0.3) is 0 Å². The Bertz CT molecular complexity index is 408. The number of nitrogens with zero attached hydrogens (tertiary/aromatic N) is 2. The van der Waals surface area contributed by atoms with Gasteiger partial charge in [0.25, 0.3) is 0 Å². The van der Waals surface area contributed by atoms with Crippen LogP contribution in [0.2, 0.25) is 0 Å². The van der Waals surface area contributed by atoms with E-state index < -0.39 is 10.4 Å². The molecule has 7 heteroatoms. The lowest BCUT2D eigenvalue weighted by atomic mass is 9.92. The van der Waals surface area contributed by atoms with Gasteiger partial charge in [-0.1, -0.05) is 0 Å². The normalized spacial score (nSPS) is 19.1. The van der Waals surface area contributed by atoms with Crippen LogP contribution in [0.15, 0.2) is 12.4 Å². The zero-order valence-corrected chi connectivity index (χ0v) is 13.7. The summed E-state index contributed by atoms with van der Waals surface area (Å²) in [6.45, 7) is 15.0. The second-order valence-electron chi connectivity index (χ2n) is 6.85. The maximum atomic E-state index is 8.74. The molecule has 0 atom stereocenters. The monoisotopic (exact) mass is 295 g/mol. The molecule has 0 spiro atoms. The zero-order chi connectivity index (χ0) is 15.7. The van der Waals surface area contributed by atoms with Crippen LogP contribution in [0.5, 0.6) is 0 Å². The predicted molar refractivity (Wildman–Crippen MR) is 75.7 cm³/mol. The number of rotatable bonds is 0. The van der Waals surface area contributed by atoms with E-state index in [1.54, 1.807) is 0 Å². The summed E-state index contributed by atoms with van der Waals surface area (Å²) in [5, 5.41) is 0. The third-order valence-corrected chi connectivity index (χ3v) is 3.42. The summed E-state index contributed by atoms with van der Waals surface area (Å²) in [5.41, 5.74) is 0.499. The van der Waals surface area contributed by atoms with Gasteiger partial charge in [-0.05, 0) is 41.5 Å². The highest BCUT2D eigenvalue weighted by molar-refractivity contribution is 7.79. The summed E-state index contributed by atoms with van der Waals surface area (Å²) in [5.74, 6) is 0. The van der Waals surface area contributed by atoms with E-state index in [1.165, 1.54) is 0 Å². The summed E-state index contributed by atoms with van der Waals surface area (Å²) < 4.78 is 32.6. The lowest BCUT2D eigenvalue weighted by molar-refractivity contribution is -0.968. The first-order valence-electron chi connectivity index (χ1n) is 6.08. The third kappa shape index (κ3) is 5.10. The van der Waals surface area contributed by atoms with Gasteiger partial charge in [-0.25, -0.2) is 0 Å². The molecule has 0 aromatic heterocycles. The van der Waals surface area contributed by atoms with Crippen molar-refractivity contribution in [1.29, 1.82) is 0 Å². The molecule has 1 aliphatic rings. The van der Waals surface area contributed by atoms with Crippen LogP contribution in [-0.4, -0.2) is 51.7 Å². The van der Waals surface area contributed by atoms with Gasteiger partial charge in [0.2, 0.25) is 0 Å². The summed E-state index contributed by atoms with van der Waals surface area (Å²) in [7, 11) is -2.52. The van der Waals surface area contributed by atoms with E-state index in [1.807, 2.05) is 0 Å². The first kappa shape index (κ1) is 18.4. The molecule has 2 N–H and O–H groups in total. The van der Waals surface area contributed by atoms with Crippen molar-refractivity contribution in [3.8, 4) is 0 Å². The summed E-state index contributed by atoms with van der Waals surface area (Å²) >= 11 is 0. The molecule has 0 aromatic rings. The van der Waals surface area contributed by atoms with Gasteiger partial charge in [0.15, 0.2) is 6.67 Å². The van der Waals surface area contributed by atoms with Gasteiger partial charge in [0.05, 0.1) is 17.3 Å². The summed E-state index contributed by atoms with van der Waals surface area (Å²) in [4.78, 5) is 2.27. The van der Waals surface area contributed by atoms with Crippen LogP contribution < -0.4 is 0 Å². The Balaban J connectivity index is 0.000000555. The standard InChI is InChI=1S/C12H25N2.H2O4S/c1-11(2,3)14(12(4,5)6)9-8-13(7)10-14;1-5(2,3)4/h8-9H,10H2,1-7H3;(H2,1,2,3,4)/q+1;. The third-order valence-electron chi connectivity index (χ3n) is 3.42. The molecule has 0 saturated carbocycles. The molecular weight excluding hydrogens is 268 g/mol. The average molecular weight is 295 g/mol. The molecule has 0 radical (unpaired) electrons. The molecule has 0 fully saturated rings. The Morgan fingerprint density at radius 1 is 1.05 bits per heavy atom.